The van der Waals surface area contributed by atoms with E-state index in [9.17, 15) is 13.6 Å². The lowest BCUT2D eigenvalue weighted by Crippen LogP contribution is -2.32. The van der Waals surface area contributed by atoms with Crippen LogP contribution in [0.25, 0.3) is 6.08 Å². The molecular weight excluding hydrogens is 292 g/mol. The lowest BCUT2D eigenvalue weighted by molar-refractivity contribution is 0.0529. The van der Waals surface area contributed by atoms with Gasteiger partial charge in [-0.15, -0.1) is 0 Å². The molecule has 1 aromatic rings. The second-order valence-electron chi connectivity index (χ2n) is 5.74. The van der Waals surface area contributed by atoms with E-state index in [0.29, 0.717) is 18.5 Å². The van der Waals surface area contributed by atoms with Crippen molar-refractivity contribution in [2.75, 3.05) is 6.54 Å². The molecule has 0 aliphatic rings. The number of alkyl carbamates (subject to hydrolysis) is 1. The molecule has 0 heterocycles. The van der Waals surface area contributed by atoms with Gasteiger partial charge in [0.05, 0.1) is 6.61 Å². The molecule has 0 fully saturated rings. The zero-order chi connectivity index (χ0) is 16.8. The summed E-state index contributed by atoms with van der Waals surface area (Å²) in [5.74, 6) is -1.57. The number of hydrogen-bond acceptors (Lipinski definition) is 3. The van der Waals surface area contributed by atoms with Crippen LogP contribution in [0.5, 0.6) is 0 Å². The molecule has 1 amide bonds. The third-order valence-electron chi connectivity index (χ3n) is 2.61. The molecule has 0 radical (unpaired) electrons. The Morgan fingerprint density at radius 1 is 1.32 bits per heavy atom. The Bertz CT molecular complexity index is 528. The highest BCUT2D eigenvalue weighted by Crippen LogP contribution is 2.16. The zero-order valence-corrected chi connectivity index (χ0v) is 13.0. The van der Waals surface area contributed by atoms with Crippen LogP contribution in [0.15, 0.2) is 18.2 Å². The molecule has 122 valence electrons. The van der Waals surface area contributed by atoms with Gasteiger partial charge in [-0.2, -0.15) is 0 Å². The highest BCUT2D eigenvalue weighted by molar-refractivity contribution is 5.67. The fourth-order valence-corrected chi connectivity index (χ4v) is 1.66. The monoisotopic (exact) mass is 313 g/mol. The van der Waals surface area contributed by atoms with Gasteiger partial charge in [-0.25, -0.2) is 13.6 Å². The maximum atomic E-state index is 13.4. The van der Waals surface area contributed by atoms with Crippen molar-refractivity contribution in [1.82, 2.24) is 5.32 Å². The smallest absolute Gasteiger partial charge is 0.407 e. The number of carbonyl (C=O) groups excluding carboxylic acids is 1. The topological polar surface area (TPSA) is 58.6 Å². The van der Waals surface area contributed by atoms with E-state index in [2.05, 4.69) is 5.32 Å². The summed E-state index contributed by atoms with van der Waals surface area (Å²) >= 11 is 0. The van der Waals surface area contributed by atoms with Gasteiger partial charge >= 0.3 is 6.09 Å². The van der Waals surface area contributed by atoms with E-state index < -0.39 is 29.9 Å². The molecule has 1 aromatic carbocycles. The van der Waals surface area contributed by atoms with E-state index in [0.717, 1.165) is 12.1 Å². The predicted molar refractivity (Wildman–Crippen MR) is 80.2 cm³/mol. The Balaban J connectivity index is 2.46. The Labute approximate surface area is 128 Å². The highest BCUT2D eigenvalue weighted by atomic mass is 19.1. The van der Waals surface area contributed by atoms with E-state index in [4.69, 9.17) is 9.84 Å². The number of aliphatic hydroxyl groups is 1. The van der Waals surface area contributed by atoms with E-state index in [1.54, 1.807) is 32.9 Å². The quantitative estimate of drug-likeness (QED) is 0.819. The number of halogens is 2. The average Bonchev–Trinajstić information content (AvgIpc) is 2.35. The molecular formula is C16H21F2NO3. The molecule has 1 rings (SSSR count). The van der Waals surface area contributed by atoms with Gasteiger partial charge in [0.25, 0.3) is 0 Å². The van der Waals surface area contributed by atoms with Gasteiger partial charge in [-0.05, 0) is 44.9 Å². The summed E-state index contributed by atoms with van der Waals surface area (Å²) in [6, 6.07) is 2.29. The predicted octanol–water partition coefficient (Wildman–Crippen LogP) is 3.39. The minimum atomic E-state index is -0.783. The summed E-state index contributed by atoms with van der Waals surface area (Å²) in [7, 11) is 0. The second kappa shape index (κ2) is 7.89. The average molecular weight is 313 g/mol. The summed E-state index contributed by atoms with van der Waals surface area (Å²) in [5, 5.41) is 11.4. The van der Waals surface area contributed by atoms with Crippen molar-refractivity contribution in [2.24, 2.45) is 0 Å². The summed E-state index contributed by atoms with van der Waals surface area (Å²) in [4.78, 5) is 11.4. The molecule has 0 saturated carbocycles. The summed E-state index contributed by atoms with van der Waals surface area (Å²) in [6.45, 7) is 4.98. The summed E-state index contributed by atoms with van der Waals surface area (Å²) in [6.07, 6.45) is 3.21. The molecule has 2 N–H and O–H groups in total. The van der Waals surface area contributed by atoms with Crippen molar-refractivity contribution in [2.45, 2.75) is 39.4 Å². The van der Waals surface area contributed by atoms with Crippen molar-refractivity contribution >= 4 is 12.2 Å². The maximum Gasteiger partial charge on any atom is 0.407 e. The van der Waals surface area contributed by atoms with Crippen LogP contribution in [0.1, 0.15) is 38.3 Å². The van der Waals surface area contributed by atoms with Crippen LogP contribution >= 0.6 is 0 Å². The van der Waals surface area contributed by atoms with Gasteiger partial charge in [-0.1, -0.05) is 12.2 Å². The molecule has 6 heteroatoms. The van der Waals surface area contributed by atoms with Crippen LogP contribution in [0.4, 0.5) is 13.6 Å². The van der Waals surface area contributed by atoms with Gasteiger partial charge in [0.15, 0.2) is 0 Å². The number of hydrogen-bond donors (Lipinski definition) is 2. The number of ether oxygens (including phenoxy) is 1. The van der Waals surface area contributed by atoms with Crippen molar-refractivity contribution < 1.29 is 23.4 Å². The van der Waals surface area contributed by atoms with Crippen molar-refractivity contribution in [3.05, 3.63) is 41.0 Å². The maximum absolute atomic E-state index is 13.4. The molecule has 4 nitrogen and oxygen atoms in total. The fourth-order valence-electron chi connectivity index (χ4n) is 1.66. The third-order valence-corrected chi connectivity index (χ3v) is 2.61. The molecule has 0 aliphatic heterocycles. The fraction of sp³-hybridized carbons (Fsp3) is 0.438. The first kappa shape index (κ1) is 18.1. The lowest BCUT2D eigenvalue weighted by Gasteiger charge is -2.19. The summed E-state index contributed by atoms with van der Waals surface area (Å²) in [5.41, 5.74) is -0.545. The van der Waals surface area contributed by atoms with E-state index in [-0.39, 0.29) is 5.56 Å². The summed E-state index contributed by atoms with van der Waals surface area (Å²) < 4.78 is 31.9. The van der Waals surface area contributed by atoms with Crippen molar-refractivity contribution in [3.8, 4) is 0 Å². The molecule has 0 aromatic heterocycles. The third kappa shape index (κ3) is 6.22. The Hall–Kier alpha value is -1.95. The van der Waals surface area contributed by atoms with Gasteiger partial charge in [-0.3, -0.25) is 0 Å². The van der Waals surface area contributed by atoms with Crippen molar-refractivity contribution in [1.29, 1.82) is 0 Å². The molecule has 0 aliphatic carbocycles. The normalized spacial score (nSPS) is 11.7. The molecule has 0 unspecified atom stereocenters. The van der Waals surface area contributed by atoms with Gasteiger partial charge < -0.3 is 15.2 Å². The van der Waals surface area contributed by atoms with Gasteiger partial charge in [0.1, 0.15) is 17.2 Å². The number of amides is 1. The molecule has 0 bridgehead atoms. The largest absolute Gasteiger partial charge is 0.444 e. The Kier molecular flexibility index (Phi) is 6.49. The van der Waals surface area contributed by atoms with Crippen LogP contribution < -0.4 is 5.32 Å². The number of nitrogens with one attached hydrogen (secondary N) is 1. The number of carbonyl (C=O) groups is 1. The highest BCUT2D eigenvalue weighted by Gasteiger charge is 2.15. The number of rotatable bonds is 5. The van der Waals surface area contributed by atoms with Crippen LogP contribution in [0.3, 0.4) is 0 Å². The van der Waals surface area contributed by atoms with Crippen LogP contribution in [-0.2, 0) is 11.3 Å². The molecule has 0 spiro atoms. The SMILES string of the molecule is CC(C)(C)OC(=O)NCCC=Cc1cc(F)c(CO)c(F)c1. The van der Waals surface area contributed by atoms with E-state index in [1.165, 1.54) is 0 Å². The first-order valence-corrected chi connectivity index (χ1v) is 6.95. The minimum Gasteiger partial charge on any atom is -0.444 e. The Morgan fingerprint density at radius 2 is 1.91 bits per heavy atom. The van der Waals surface area contributed by atoms with Gasteiger partial charge in [0.2, 0.25) is 0 Å². The lowest BCUT2D eigenvalue weighted by atomic mass is 10.1. The molecule has 0 atom stereocenters. The molecule has 0 saturated heterocycles. The zero-order valence-electron chi connectivity index (χ0n) is 13.0. The first-order valence-electron chi connectivity index (χ1n) is 6.95. The van der Waals surface area contributed by atoms with Crippen LogP contribution in [0.2, 0.25) is 0 Å². The standard InChI is InChI=1S/C16H21F2NO3/c1-16(2,3)22-15(21)19-7-5-4-6-11-8-13(17)12(10-20)14(18)9-11/h4,6,8-9,20H,5,7,10H2,1-3H3,(H,19,21). The first-order chi connectivity index (χ1) is 10.2. The van der Waals surface area contributed by atoms with E-state index >= 15 is 0 Å². The number of aliphatic hydroxyl groups excluding tert-OH is 1. The minimum absolute atomic E-state index is 0.344. The van der Waals surface area contributed by atoms with Crippen LogP contribution in [-0.4, -0.2) is 23.3 Å². The number of benzene rings is 1. The van der Waals surface area contributed by atoms with Crippen molar-refractivity contribution in [3.63, 3.8) is 0 Å². The van der Waals surface area contributed by atoms with E-state index in [1.807, 2.05) is 0 Å². The van der Waals surface area contributed by atoms with Crippen LogP contribution in [0, 0.1) is 11.6 Å². The second-order valence-corrected chi connectivity index (χ2v) is 5.74. The molecule has 22 heavy (non-hydrogen) atoms. The Morgan fingerprint density at radius 3 is 2.41 bits per heavy atom. The van der Waals surface area contributed by atoms with Gasteiger partial charge in [0, 0.05) is 12.1 Å².